The Morgan fingerprint density at radius 1 is 1.31 bits per heavy atom. The van der Waals surface area contributed by atoms with Gasteiger partial charge in [-0.2, -0.15) is 0 Å². The first-order chi connectivity index (χ1) is 12.3. The summed E-state index contributed by atoms with van der Waals surface area (Å²) in [5.41, 5.74) is 1.22. The topological polar surface area (TPSA) is 101 Å². The van der Waals surface area contributed by atoms with Gasteiger partial charge >= 0.3 is 0 Å². The third kappa shape index (κ3) is 5.19. The van der Waals surface area contributed by atoms with Crippen molar-refractivity contribution in [3.05, 3.63) is 39.3 Å². The van der Waals surface area contributed by atoms with E-state index >= 15 is 0 Å². The van der Waals surface area contributed by atoms with Gasteiger partial charge < -0.3 is 24.7 Å². The molecule has 7 nitrogen and oxygen atoms in total. The van der Waals surface area contributed by atoms with E-state index in [1.807, 2.05) is 19.9 Å². The van der Waals surface area contributed by atoms with Gasteiger partial charge in [0.15, 0.2) is 11.5 Å². The second kappa shape index (κ2) is 8.66. The Morgan fingerprint density at radius 3 is 2.62 bits per heavy atom. The first-order valence-electron chi connectivity index (χ1n) is 8.08. The molecule has 1 heterocycles. The first-order valence-corrected chi connectivity index (χ1v) is 8.89. The van der Waals surface area contributed by atoms with Crippen molar-refractivity contribution in [2.75, 3.05) is 7.11 Å². The number of aromatic nitrogens is 1. The van der Waals surface area contributed by atoms with Crippen LogP contribution in [0, 0.1) is 6.92 Å². The fourth-order valence-electron chi connectivity index (χ4n) is 2.29. The summed E-state index contributed by atoms with van der Waals surface area (Å²) < 4.78 is 11.0. The monoisotopic (exact) mass is 377 g/mol. The van der Waals surface area contributed by atoms with Crippen molar-refractivity contribution in [3.8, 4) is 11.5 Å². The van der Waals surface area contributed by atoms with E-state index in [1.54, 1.807) is 26.2 Å². The number of carbonyl (C=O) groups excluding carboxylic acids is 2. The molecule has 26 heavy (non-hydrogen) atoms. The predicted octanol–water partition coefficient (Wildman–Crippen LogP) is 1.47. The molecule has 0 bridgehead atoms. The minimum Gasteiger partial charge on any atom is -0.544 e. The summed E-state index contributed by atoms with van der Waals surface area (Å²) in [6, 6.07) is 5.46. The fraction of sp³-hybridized carbons (Fsp3) is 0.389. The van der Waals surface area contributed by atoms with E-state index < -0.39 is 5.97 Å². The lowest BCUT2D eigenvalue weighted by atomic mass is 10.2. The molecule has 8 heteroatoms. The van der Waals surface area contributed by atoms with Gasteiger partial charge in [0.05, 0.1) is 36.2 Å². The standard InChI is InChI=1S/C18H22N2O5S/c1-10(2)25-13-6-5-12(7-14(13)24-4)9-19-15(21)8-16-20-11(3)17(26-16)18(22)23/h5-7,10H,8-9H2,1-4H3,(H,19,21)(H,22,23)/p-1. The lowest BCUT2D eigenvalue weighted by Gasteiger charge is -2.14. The minimum absolute atomic E-state index is 0.0183. The molecule has 140 valence electrons. The number of amides is 1. The predicted molar refractivity (Wildman–Crippen MR) is 95.5 cm³/mol. The van der Waals surface area contributed by atoms with Crippen molar-refractivity contribution in [1.82, 2.24) is 10.3 Å². The van der Waals surface area contributed by atoms with E-state index in [9.17, 15) is 14.7 Å². The Balaban J connectivity index is 1.96. The van der Waals surface area contributed by atoms with Crippen LogP contribution >= 0.6 is 11.3 Å². The molecule has 0 aliphatic heterocycles. The summed E-state index contributed by atoms with van der Waals surface area (Å²) >= 11 is 0.961. The number of carboxylic acid groups (broad SMARTS) is 1. The van der Waals surface area contributed by atoms with Gasteiger partial charge in [-0.05, 0) is 38.5 Å². The Morgan fingerprint density at radius 2 is 2.04 bits per heavy atom. The maximum absolute atomic E-state index is 12.1. The van der Waals surface area contributed by atoms with Crippen LogP contribution < -0.4 is 19.9 Å². The maximum Gasteiger partial charge on any atom is 0.227 e. The summed E-state index contributed by atoms with van der Waals surface area (Å²) in [6.07, 6.45) is 0.0480. The summed E-state index contributed by atoms with van der Waals surface area (Å²) in [4.78, 5) is 27.2. The van der Waals surface area contributed by atoms with Crippen LogP contribution in [0.3, 0.4) is 0 Å². The number of hydrogen-bond acceptors (Lipinski definition) is 7. The zero-order valence-electron chi connectivity index (χ0n) is 15.1. The highest BCUT2D eigenvalue weighted by molar-refractivity contribution is 7.13. The quantitative estimate of drug-likeness (QED) is 0.748. The largest absolute Gasteiger partial charge is 0.544 e. The van der Waals surface area contributed by atoms with Gasteiger partial charge in [0.2, 0.25) is 5.91 Å². The van der Waals surface area contributed by atoms with Gasteiger partial charge in [0.1, 0.15) is 5.01 Å². The number of ether oxygens (including phenoxy) is 2. The van der Waals surface area contributed by atoms with E-state index in [0.717, 1.165) is 16.9 Å². The number of rotatable bonds is 8. The van der Waals surface area contributed by atoms with Gasteiger partial charge in [0.25, 0.3) is 0 Å². The molecule has 2 rings (SSSR count). The summed E-state index contributed by atoms with van der Waals surface area (Å²) in [5.74, 6) is -0.280. The van der Waals surface area contributed by atoms with E-state index in [1.165, 1.54) is 0 Å². The number of carboxylic acids is 1. The molecular weight excluding hydrogens is 356 g/mol. The number of nitrogens with zero attached hydrogens (tertiary/aromatic N) is 1. The van der Waals surface area contributed by atoms with Crippen molar-refractivity contribution in [3.63, 3.8) is 0 Å². The number of methoxy groups -OCH3 is 1. The maximum atomic E-state index is 12.1. The highest BCUT2D eigenvalue weighted by Gasteiger charge is 2.13. The zero-order chi connectivity index (χ0) is 19.3. The molecule has 1 aromatic carbocycles. The van der Waals surface area contributed by atoms with Crippen LogP contribution in [0.15, 0.2) is 18.2 Å². The van der Waals surface area contributed by atoms with Crippen LogP contribution in [0.1, 0.15) is 39.8 Å². The fourth-order valence-corrected chi connectivity index (χ4v) is 3.19. The third-order valence-electron chi connectivity index (χ3n) is 3.42. The van der Waals surface area contributed by atoms with E-state index in [0.29, 0.717) is 28.7 Å². The Hall–Kier alpha value is -2.61. The molecule has 0 atom stereocenters. The number of hydrogen-bond donors (Lipinski definition) is 1. The molecule has 2 aromatic rings. The molecule has 0 saturated carbocycles. The number of benzene rings is 1. The van der Waals surface area contributed by atoms with E-state index in [4.69, 9.17) is 9.47 Å². The van der Waals surface area contributed by atoms with Gasteiger partial charge in [-0.25, -0.2) is 4.98 Å². The average molecular weight is 377 g/mol. The lowest BCUT2D eigenvalue weighted by molar-refractivity contribution is -0.254. The number of aryl methyl sites for hydroxylation is 1. The Labute approximate surface area is 156 Å². The Bertz CT molecular complexity index is 801. The molecule has 1 aromatic heterocycles. The summed E-state index contributed by atoms with van der Waals surface area (Å²) in [5, 5.41) is 14.2. The number of carbonyl (C=O) groups is 2. The van der Waals surface area contributed by atoms with Crippen LogP contribution in [0.5, 0.6) is 11.5 Å². The molecule has 1 amide bonds. The Kier molecular flexibility index (Phi) is 6.57. The highest BCUT2D eigenvalue weighted by Crippen LogP contribution is 2.29. The normalized spacial score (nSPS) is 10.7. The summed E-state index contributed by atoms with van der Waals surface area (Å²) in [7, 11) is 1.56. The van der Waals surface area contributed by atoms with Crippen molar-refractivity contribution in [1.29, 1.82) is 0 Å². The smallest absolute Gasteiger partial charge is 0.227 e. The van der Waals surface area contributed by atoms with Crippen LogP contribution in [-0.2, 0) is 17.8 Å². The lowest BCUT2D eigenvalue weighted by Crippen LogP contribution is -2.24. The zero-order valence-corrected chi connectivity index (χ0v) is 15.9. The van der Waals surface area contributed by atoms with Crippen LogP contribution in [0.4, 0.5) is 0 Å². The molecule has 1 N–H and O–H groups in total. The van der Waals surface area contributed by atoms with Crippen LogP contribution in [0.2, 0.25) is 0 Å². The molecule has 0 fully saturated rings. The molecule has 0 spiro atoms. The average Bonchev–Trinajstić information content (AvgIpc) is 2.94. The van der Waals surface area contributed by atoms with Crippen molar-refractivity contribution < 1.29 is 24.2 Å². The SMILES string of the molecule is COc1cc(CNC(=O)Cc2nc(C)c(C(=O)[O-])s2)ccc1OC(C)C. The molecule has 0 saturated heterocycles. The van der Waals surface area contributed by atoms with E-state index in [-0.39, 0.29) is 23.3 Å². The second-order valence-electron chi connectivity index (χ2n) is 5.91. The molecule has 0 unspecified atom stereocenters. The molecule has 0 aliphatic rings. The van der Waals surface area contributed by atoms with Gasteiger partial charge in [0, 0.05) is 6.54 Å². The highest BCUT2D eigenvalue weighted by atomic mass is 32.1. The van der Waals surface area contributed by atoms with Gasteiger partial charge in [-0.15, -0.1) is 11.3 Å². The van der Waals surface area contributed by atoms with Crippen molar-refractivity contribution >= 4 is 23.2 Å². The van der Waals surface area contributed by atoms with Crippen LogP contribution in [0.25, 0.3) is 0 Å². The van der Waals surface area contributed by atoms with Gasteiger partial charge in [-0.1, -0.05) is 6.07 Å². The van der Waals surface area contributed by atoms with Gasteiger partial charge in [-0.3, -0.25) is 4.79 Å². The van der Waals surface area contributed by atoms with Crippen LogP contribution in [-0.4, -0.2) is 30.1 Å². The third-order valence-corrected chi connectivity index (χ3v) is 4.56. The number of nitrogens with one attached hydrogen (secondary N) is 1. The molecule has 0 radical (unpaired) electrons. The first kappa shape index (κ1) is 19.7. The number of thiazole rings is 1. The summed E-state index contributed by atoms with van der Waals surface area (Å²) in [6.45, 7) is 5.75. The number of aromatic carboxylic acids is 1. The van der Waals surface area contributed by atoms with E-state index in [2.05, 4.69) is 10.3 Å². The van der Waals surface area contributed by atoms with Crippen molar-refractivity contribution in [2.24, 2.45) is 0 Å². The molecular formula is C18H21N2O5S-. The second-order valence-corrected chi connectivity index (χ2v) is 7.00. The minimum atomic E-state index is -1.28. The molecule has 0 aliphatic carbocycles. The van der Waals surface area contributed by atoms with Crippen molar-refractivity contribution in [2.45, 2.75) is 39.8 Å².